The molecule has 0 amide bonds. The van der Waals surface area contributed by atoms with Gasteiger partial charge < -0.3 is 5.73 Å². The molecule has 2 nitrogen and oxygen atoms in total. The van der Waals surface area contributed by atoms with Crippen LogP contribution in [0.25, 0.3) is 0 Å². The van der Waals surface area contributed by atoms with Crippen LogP contribution in [-0.4, -0.2) is 23.5 Å². The van der Waals surface area contributed by atoms with Crippen LogP contribution in [0, 0.1) is 6.92 Å². The quantitative estimate of drug-likeness (QED) is 0.904. The molecule has 2 rings (SSSR count). The predicted molar refractivity (Wildman–Crippen MR) is 80.7 cm³/mol. The third kappa shape index (κ3) is 2.79. The Morgan fingerprint density at radius 3 is 2.72 bits per heavy atom. The third-order valence-corrected chi connectivity index (χ3v) is 4.54. The van der Waals surface area contributed by atoms with Crippen LogP contribution in [0.5, 0.6) is 0 Å². The van der Waals surface area contributed by atoms with Crippen molar-refractivity contribution in [2.24, 2.45) is 5.73 Å². The van der Waals surface area contributed by atoms with E-state index in [4.69, 9.17) is 5.73 Å². The van der Waals surface area contributed by atoms with Crippen molar-refractivity contribution in [3.8, 4) is 0 Å². The van der Waals surface area contributed by atoms with Crippen LogP contribution in [0.15, 0.2) is 22.7 Å². The Balaban J connectivity index is 2.37. The van der Waals surface area contributed by atoms with Gasteiger partial charge in [-0.2, -0.15) is 0 Å². The molecule has 2 atom stereocenters. The van der Waals surface area contributed by atoms with Crippen molar-refractivity contribution in [1.29, 1.82) is 0 Å². The van der Waals surface area contributed by atoms with Gasteiger partial charge in [0.1, 0.15) is 0 Å². The van der Waals surface area contributed by atoms with Crippen LogP contribution < -0.4 is 5.73 Å². The number of halogens is 1. The molecule has 2 unspecified atom stereocenters. The lowest BCUT2D eigenvalue weighted by Gasteiger charge is -2.43. The second kappa shape index (κ2) is 5.72. The van der Waals surface area contributed by atoms with Crippen LogP contribution in [0.1, 0.15) is 43.9 Å². The van der Waals surface area contributed by atoms with E-state index in [0.717, 1.165) is 13.0 Å². The second-order valence-corrected chi connectivity index (χ2v) is 6.46. The average molecular weight is 311 g/mol. The summed E-state index contributed by atoms with van der Waals surface area (Å²) in [6.45, 7) is 7.78. The highest BCUT2D eigenvalue weighted by molar-refractivity contribution is 9.10. The molecule has 0 aromatic heterocycles. The van der Waals surface area contributed by atoms with E-state index in [1.165, 1.54) is 22.0 Å². The number of nitrogens with two attached hydrogens (primary N) is 1. The van der Waals surface area contributed by atoms with Gasteiger partial charge in [-0.3, -0.25) is 4.90 Å². The van der Waals surface area contributed by atoms with Gasteiger partial charge in [0.25, 0.3) is 0 Å². The summed E-state index contributed by atoms with van der Waals surface area (Å²) >= 11 is 3.70. The number of hydrogen-bond donors (Lipinski definition) is 1. The highest BCUT2D eigenvalue weighted by atomic mass is 79.9. The van der Waals surface area contributed by atoms with Crippen molar-refractivity contribution in [2.45, 2.75) is 51.7 Å². The smallest absolute Gasteiger partial charge is 0.0513 e. The summed E-state index contributed by atoms with van der Waals surface area (Å²) in [5.74, 6) is 0. The van der Waals surface area contributed by atoms with Crippen LogP contribution in [0.2, 0.25) is 0 Å². The first-order valence-electron chi connectivity index (χ1n) is 6.78. The monoisotopic (exact) mass is 310 g/mol. The van der Waals surface area contributed by atoms with E-state index in [1.54, 1.807) is 0 Å². The maximum atomic E-state index is 6.38. The number of likely N-dealkylation sites (tertiary alicyclic amines) is 1. The highest BCUT2D eigenvalue weighted by Crippen LogP contribution is 2.35. The van der Waals surface area contributed by atoms with Crippen LogP contribution in [0.3, 0.4) is 0 Å². The third-order valence-electron chi connectivity index (χ3n) is 3.85. The summed E-state index contributed by atoms with van der Waals surface area (Å²) in [5, 5.41) is 0. The van der Waals surface area contributed by atoms with Gasteiger partial charge in [-0.1, -0.05) is 28.1 Å². The summed E-state index contributed by atoms with van der Waals surface area (Å²) in [6, 6.07) is 7.71. The van der Waals surface area contributed by atoms with Crippen molar-refractivity contribution in [1.82, 2.24) is 4.90 Å². The zero-order valence-electron chi connectivity index (χ0n) is 11.5. The van der Waals surface area contributed by atoms with Crippen LogP contribution >= 0.6 is 15.9 Å². The lowest BCUT2D eigenvalue weighted by Crippen LogP contribution is -2.48. The van der Waals surface area contributed by atoms with Crippen LogP contribution in [-0.2, 0) is 0 Å². The fraction of sp³-hybridized carbons (Fsp3) is 0.600. The number of hydrogen-bond acceptors (Lipinski definition) is 2. The Labute approximate surface area is 119 Å². The molecule has 1 aromatic rings. The lowest BCUT2D eigenvalue weighted by molar-refractivity contribution is 0.0942. The predicted octanol–water partition coefficient (Wildman–Crippen LogP) is 3.63. The number of piperidine rings is 1. The Morgan fingerprint density at radius 2 is 2.11 bits per heavy atom. The minimum atomic E-state index is 0.236. The minimum Gasteiger partial charge on any atom is -0.326 e. The van der Waals surface area contributed by atoms with Crippen molar-refractivity contribution >= 4 is 15.9 Å². The van der Waals surface area contributed by atoms with Crippen molar-refractivity contribution < 1.29 is 0 Å². The molecule has 0 saturated carbocycles. The Kier molecular flexibility index (Phi) is 4.46. The summed E-state index contributed by atoms with van der Waals surface area (Å²) in [4.78, 5) is 2.53. The van der Waals surface area contributed by atoms with Gasteiger partial charge >= 0.3 is 0 Å². The summed E-state index contributed by atoms with van der Waals surface area (Å²) in [6.07, 6.45) is 2.33. The summed E-state index contributed by atoms with van der Waals surface area (Å²) in [5.41, 5.74) is 9.00. The molecular weight excluding hydrogens is 288 g/mol. The maximum absolute atomic E-state index is 6.38. The minimum absolute atomic E-state index is 0.236. The summed E-state index contributed by atoms with van der Waals surface area (Å²) in [7, 11) is 0. The molecular formula is C15H23BrN2. The van der Waals surface area contributed by atoms with Gasteiger partial charge in [0.2, 0.25) is 0 Å². The topological polar surface area (TPSA) is 29.3 Å². The number of benzene rings is 1. The van der Waals surface area contributed by atoms with Gasteiger partial charge in [0, 0.05) is 16.6 Å². The largest absolute Gasteiger partial charge is 0.326 e. The molecule has 1 aliphatic rings. The zero-order valence-corrected chi connectivity index (χ0v) is 13.1. The van der Waals surface area contributed by atoms with Gasteiger partial charge in [-0.05, 0) is 57.4 Å². The van der Waals surface area contributed by atoms with Gasteiger partial charge in [-0.15, -0.1) is 0 Å². The maximum Gasteiger partial charge on any atom is 0.0513 e. The van der Waals surface area contributed by atoms with E-state index in [9.17, 15) is 0 Å². The Bertz CT molecular complexity index is 417. The molecule has 1 aromatic carbocycles. The molecule has 0 aliphatic carbocycles. The first-order valence-corrected chi connectivity index (χ1v) is 7.57. The highest BCUT2D eigenvalue weighted by Gasteiger charge is 2.32. The standard InChI is InChI=1S/C15H23BrN2/c1-10(2)18-8-4-5-14(17)15(18)12-7-6-11(3)9-13(12)16/h6-7,9-10,14-15H,4-5,8,17H2,1-3H3. The molecule has 1 fully saturated rings. The van der Waals surface area contributed by atoms with E-state index < -0.39 is 0 Å². The van der Waals surface area contributed by atoms with E-state index in [1.807, 2.05) is 0 Å². The van der Waals surface area contributed by atoms with E-state index in [-0.39, 0.29) is 6.04 Å². The van der Waals surface area contributed by atoms with E-state index in [2.05, 4.69) is 59.8 Å². The van der Waals surface area contributed by atoms with E-state index >= 15 is 0 Å². The van der Waals surface area contributed by atoms with Crippen molar-refractivity contribution in [3.63, 3.8) is 0 Å². The van der Waals surface area contributed by atoms with Crippen molar-refractivity contribution in [3.05, 3.63) is 33.8 Å². The SMILES string of the molecule is Cc1ccc(C2C(N)CCCN2C(C)C)c(Br)c1. The summed E-state index contributed by atoms with van der Waals surface area (Å²) < 4.78 is 1.19. The van der Waals surface area contributed by atoms with Crippen molar-refractivity contribution in [2.75, 3.05) is 6.54 Å². The second-order valence-electron chi connectivity index (χ2n) is 5.61. The average Bonchev–Trinajstić information content (AvgIpc) is 2.29. The molecule has 1 heterocycles. The molecule has 18 heavy (non-hydrogen) atoms. The molecule has 0 spiro atoms. The molecule has 0 bridgehead atoms. The van der Waals surface area contributed by atoms with Gasteiger partial charge in [0.05, 0.1) is 6.04 Å². The van der Waals surface area contributed by atoms with Gasteiger partial charge in [0.15, 0.2) is 0 Å². The fourth-order valence-electron chi connectivity index (χ4n) is 2.91. The molecule has 0 radical (unpaired) electrons. The van der Waals surface area contributed by atoms with Crippen LogP contribution in [0.4, 0.5) is 0 Å². The first kappa shape index (κ1) is 14.0. The molecule has 100 valence electrons. The number of nitrogens with zero attached hydrogens (tertiary/aromatic N) is 1. The van der Waals surface area contributed by atoms with E-state index in [0.29, 0.717) is 12.1 Å². The lowest BCUT2D eigenvalue weighted by atomic mass is 9.89. The molecule has 3 heteroatoms. The molecule has 1 saturated heterocycles. The number of rotatable bonds is 2. The normalized spacial score (nSPS) is 25.7. The Morgan fingerprint density at radius 1 is 1.39 bits per heavy atom. The fourth-order valence-corrected chi connectivity index (χ4v) is 3.64. The first-order chi connectivity index (χ1) is 8.50. The number of aryl methyl sites for hydroxylation is 1. The Hall–Kier alpha value is -0.380. The molecule has 1 aliphatic heterocycles. The van der Waals surface area contributed by atoms with Gasteiger partial charge in [-0.25, -0.2) is 0 Å². The molecule has 2 N–H and O–H groups in total. The zero-order chi connectivity index (χ0) is 13.3.